The molecule has 1 amide bonds. The molecular weight excluding hydrogens is 332 g/mol. The zero-order chi connectivity index (χ0) is 17.9. The molecular formula is C19H16N4O3. The van der Waals surface area contributed by atoms with Crippen LogP contribution in [-0.2, 0) is 9.63 Å². The Hall–Kier alpha value is -3.48. The molecule has 0 spiro atoms. The first kappa shape index (κ1) is 16.0. The van der Waals surface area contributed by atoms with Crippen molar-refractivity contribution in [1.82, 2.24) is 9.97 Å². The second-order valence-electron chi connectivity index (χ2n) is 5.94. The molecule has 3 heterocycles. The lowest BCUT2D eigenvalue weighted by molar-refractivity contribution is -0.125. The van der Waals surface area contributed by atoms with Crippen LogP contribution in [0, 0.1) is 6.92 Å². The molecule has 1 N–H and O–H groups in total. The third-order valence-electron chi connectivity index (χ3n) is 3.95. The minimum atomic E-state index is -0.669. The molecule has 1 unspecified atom stereocenters. The molecule has 0 saturated carbocycles. The molecule has 2 aromatic heterocycles. The van der Waals surface area contributed by atoms with Crippen molar-refractivity contribution in [3.63, 3.8) is 0 Å². The zero-order valence-corrected chi connectivity index (χ0v) is 14.0. The number of carbonyl (C=O) groups is 1. The van der Waals surface area contributed by atoms with Gasteiger partial charge in [0.2, 0.25) is 12.0 Å². The monoisotopic (exact) mass is 348 g/mol. The van der Waals surface area contributed by atoms with Gasteiger partial charge in [-0.05, 0) is 37.3 Å². The van der Waals surface area contributed by atoms with Gasteiger partial charge in [-0.25, -0.2) is 4.98 Å². The van der Waals surface area contributed by atoms with Crippen molar-refractivity contribution in [2.75, 3.05) is 5.32 Å². The molecule has 1 aliphatic rings. The first-order valence-corrected chi connectivity index (χ1v) is 8.15. The lowest BCUT2D eigenvalue weighted by Crippen LogP contribution is -2.28. The van der Waals surface area contributed by atoms with Crippen LogP contribution in [0.3, 0.4) is 0 Å². The number of pyridine rings is 1. The second-order valence-corrected chi connectivity index (χ2v) is 5.94. The van der Waals surface area contributed by atoms with Crippen molar-refractivity contribution < 1.29 is 14.0 Å². The van der Waals surface area contributed by atoms with Gasteiger partial charge in [0.25, 0.3) is 5.91 Å². The van der Waals surface area contributed by atoms with Crippen molar-refractivity contribution in [2.24, 2.45) is 5.16 Å². The molecule has 4 rings (SSSR count). The standard InChI is InChI=1S/C19H16N4O3/c1-12-11-25-19(21-12)13-4-2-6-15(8-13)22-18(24)17-9-16(23-26-17)14-5-3-7-20-10-14/h2-8,10-11,17H,9H2,1H3,(H,22,24). The third kappa shape index (κ3) is 3.32. The fourth-order valence-corrected chi connectivity index (χ4v) is 2.66. The lowest BCUT2D eigenvalue weighted by atomic mass is 10.1. The van der Waals surface area contributed by atoms with Crippen LogP contribution >= 0.6 is 0 Å². The number of aromatic nitrogens is 2. The molecule has 3 aromatic rings. The number of benzene rings is 1. The van der Waals surface area contributed by atoms with E-state index in [1.165, 1.54) is 0 Å². The Bertz CT molecular complexity index is 966. The van der Waals surface area contributed by atoms with Gasteiger partial charge >= 0.3 is 0 Å². The highest BCUT2D eigenvalue weighted by atomic mass is 16.6. The maximum atomic E-state index is 12.5. The first-order valence-electron chi connectivity index (χ1n) is 8.15. The number of hydrogen-bond donors (Lipinski definition) is 1. The van der Waals surface area contributed by atoms with Crippen molar-refractivity contribution in [3.05, 3.63) is 66.3 Å². The number of oxazole rings is 1. The van der Waals surface area contributed by atoms with E-state index in [0.29, 0.717) is 23.7 Å². The molecule has 1 atom stereocenters. The summed E-state index contributed by atoms with van der Waals surface area (Å²) in [6.45, 7) is 1.86. The van der Waals surface area contributed by atoms with E-state index >= 15 is 0 Å². The summed E-state index contributed by atoms with van der Waals surface area (Å²) in [5, 5.41) is 6.86. The van der Waals surface area contributed by atoms with Crippen molar-refractivity contribution in [3.8, 4) is 11.5 Å². The van der Waals surface area contributed by atoms with Gasteiger partial charge in [-0.1, -0.05) is 11.2 Å². The summed E-state index contributed by atoms with van der Waals surface area (Å²) in [6, 6.07) is 11.0. The lowest BCUT2D eigenvalue weighted by Gasteiger charge is -2.10. The fraction of sp³-hybridized carbons (Fsp3) is 0.158. The highest BCUT2D eigenvalue weighted by Gasteiger charge is 2.29. The number of nitrogens with zero attached hydrogens (tertiary/aromatic N) is 3. The van der Waals surface area contributed by atoms with Crippen LogP contribution in [0.15, 0.2) is 64.6 Å². The molecule has 0 fully saturated rings. The average molecular weight is 348 g/mol. The number of nitrogens with one attached hydrogen (secondary N) is 1. The summed E-state index contributed by atoms with van der Waals surface area (Å²) < 4.78 is 5.40. The summed E-state index contributed by atoms with van der Waals surface area (Å²) >= 11 is 0. The minimum absolute atomic E-state index is 0.256. The van der Waals surface area contributed by atoms with E-state index in [1.807, 2.05) is 31.2 Å². The van der Waals surface area contributed by atoms with Gasteiger partial charge < -0.3 is 14.6 Å². The first-order chi connectivity index (χ1) is 12.7. The number of oxime groups is 1. The van der Waals surface area contributed by atoms with E-state index in [0.717, 1.165) is 16.8 Å². The largest absolute Gasteiger partial charge is 0.444 e. The zero-order valence-electron chi connectivity index (χ0n) is 14.0. The summed E-state index contributed by atoms with van der Waals surface area (Å²) in [5.74, 6) is 0.256. The van der Waals surface area contributed by atoms with Crippen LogP contribution in [0.5, 0.6) is 0 Å². The van der Waals surface area contributed by atoms with Gasteiger partial charge in [0.1, 0.15) is 6.26 Å². The molecule has 0 saturated heterocycles. The Morgan fingerprint density at radius 1 is 1.23 bits per heavy atom. The molecule has 130 valence electrons. The minimum Gasteiger partial charge on any atom is -0.444 e. The second kappa shape index (κ2) is 6.79. The summed E-state index contributed by atoms with van der Waals surface area (Å²) in [5.41, 5.74) is 3.79. The molecule has 7 nitrogen and oxygen atoms in total. The molecule has 7 heteroatoms. The Kier molecular flexibility index (Phi) is 4.18. The van der Waals surface area contributed by atoms with Crippen molar-refractivity contribution in [2.45, 2.75) is 19.4 Å². The van der Waals surface area contributed by atoms with Crippen LogP contribution < -0.4 is 5.32 Å². The fourth-order valence-electron chi connectivity index (χ4n) is 2.66. The normalized spacial score (nSPS) is 16.0. The Labute approximate surface area is 149 Å². The van der Waals surface area contributed by atoms with Gasteiger partial charge in [-0.3, -0.25) is 9.78 Å². The Morgan fingerprint density at radius 2 is 2.12 bits per heavy atom. The summed E-state index contributed by atoms with van der Waals surface area (Å²) in [6.07, 6.45) is 4.70. The highest BCUT2D eigenvalue weighted by Crippen LogP contribution is 2.23. The van der Waals surface area contributed by atoms with Crippen LogP contribution in [0.2, 0.25) is 0 Å². The third-order valence-corrected chi connectivity index (χ3v) is 3.95. The van der Waals surface area contributed by atoms with Crippen molar-refractivity contribution in [1.29, 1.82) is 0 Å². The van der Waals surface area contributed by atoms with Crippen molar-refractivity contribution >= 4 is 17.3 Å². The molecule has 0 radical (unpaired) electrons. The number of amides is 1. The smallest absolute Gasteiger partial charge is 0.268 e. The Balaban J connectivity index is 1.43. The van der Waals surface area contributed by atoms with Crippen LogP contribution in [0.25, 0.3) is 11.5 Å². The Morgan fingerprint density at radius 3 is 2.88 bits per heavy atom. The maximum absolute atomic E-state index is 12.5. The van der Waals surface area contributed by atoms with E-state index in [4.69, 9.17) is 9.25 Å². The summed E-state index contributed by atoms with van der Waals surface area (Å²) in [4.78, 5) is 26.1. The highest BCUT2D eigenvalue weighted by molar-refractivity contribution is 6.06. The molecule has 1 aromatic carbocycles. The van der Waals surface area contributed by atoms with E-state index in [9.17, 15) is 4.79 Å². The van der Waals surface area contributed by atoms with Gasteiger partial charge in [0.05, 0.1) is 11.4 Å². The van der Waals surface area contributed by atoms with Gasteiger partial charge in [-0.2, -0.15) is 0 Å². The van der Waals surface area contributed by atoms with E-state index in [1.54, 1.807) is 30.8 Å². The quantitative estimate of drug-likeness (QED) is 0.782. The number of rotatable bonds is 4. The summed E-state index contributed by atoms with van der Waals surface area (Å²) in [7, 11) is 0. The number of carbonyl (C=O) groups excluding carboxylic acids is 1. The average Bonchev–Trinajstić information content (AvgIpc) is 3.32. The van der Waals surface area contributed by atoms with E-state index in [-0.39, 0.29) is 5.91 Å². The molecule has 26 heavy (non-hydrogen) atoms. The topological polar surface area (TPSA) is 89.6 Å². The molecule has 1 aliphatic heterocycles. The number of hydrogen-bond acceptors (Lipinski definition) is 6. The number of anilines is 1. The van der Waals surface area contributed by atoms with Gasteiger partial charge in [0.15, 0.2) is 0 Å². The maximum Gasteiger partial charge on any atom is 0.268 e. The van der Waals surface area contributed by atoms with E-state index < -0.39 is 6.10 Å². The van der Waals surface area contributed by atoms with Gasteiger partial charge in [0, 0.05) is 35.6 Å². The SMILES string of the molecule is Cc1coc(-c2cccc(NC(=O)C3CC(c4cccnc4)=NO3)c2)n1. The predicted molar refractivity (Wildman–Crippen MR) is 95.6 cm³/mol. The molecule has 0 aliphatic carbocycles. The van der Waals surface area contributed by atoms with Crippen LogP contribution in [0.4, 0.5) is 5.69 Å². The van der Waals surface area contributed by atoms with Crippen LogP contribution in [0.1, 0.15) is 17.7 Å². The number of aryl methyl sites for hydroxylation is 1. The van der Waals surface area contributed by atoms with E-state index in [2.05, 4.69) is 20.4 Å². The van der Waals surface area contributed by atoms with Gasteiger partial charge in [-0.15, -0.1) is 0 Å². The van der Waals surface area contributed by atoms with Crippen LogP contribution in [-0.4, -0.2) is 27.7 Å². The predicted octanol–water partition coefficient (Wildman–Crippen LogP) is 3.18. The molecule has 0 bridgehead atoms.